The molecule has 1 heterocycles. The van der Waals surface area contributed by atoms with Gasteiger partial charge in [0.2, 0.25) is 5.91 Å². The Bertz CT molecular complexity index is 503. The van der Waals surface area contributed by atoms with Crippen molar-refractivity contribution in [3.05, 3.63) is 48.0 Å². The van der Waals surface area contributed by atoms with E-state index in [1.54, 1.807) is 4.90 Å². The fourth-order valence-corrected chi connectivity index (χ4v) is 2.20. The van der Waals surface area contributed by atoms with Crippen LogP contribution in [-0.4, -0.2) is 29.4 Å². The summed E-state index contributed by atoms with van der Waals surface area (Å²) in [6.45, 7) is 4.68. The highest BCUT2D eigenvalue weighted by molar-refractivity contribution is 5.86. The summed E-state index contributed by atoms with van der Waals surface area (Å²) in [4.78, 5) is 25.3. The number of rotatable bonds is 5. The smallest absolute Gasteiger partial charge is 0.308 e. The highest BCUT2D eigenvalue weighted by Gasteiger charge is 2.28. The van der Waals surface area contributed by atoms with Crippen LogP contribution in [0.25, 0.3) is 0 Å². The van der Waals surface area contributed by atoms with Gasteiger partial charge in [0, 0.05) is 13.1 Å². The standard InChI is InChI=1S/C15H18N2O3/c1-2-7-20-14(18)8-13(16)15(19)17-9-11-5-3-4-6-12(11)10-17/h2-6,13H,1,7-10,16H2/t13-/m1/s1. The van der Waals surface area contributed by atoms with E-state index in [0.29, 0.717) is 13.1 Å². The van der Waals surface area contributed by atoms with Crippen molar-refractivity contribution >= 4 is 11.9 Å². The van der Waals surface area contributed by atoms with Gasteiger partial charge in [-0.1, -0.05) is 36.9 Å². The molecule has 106 valence electrons. The molecule has 5 nitrogen and oxygen atoms in total. The molecule has 0 aliphatic carbocycles. The maximum Gasteiger partial charge on any atom is 0.308 e. The lowest BCUT2D eigenvalue weighted by atomic mass is 10.1. The molecule has 2 N–H and O–H groups in total. The molecule has 0 bridgehead atoms. The van der Waals surface area contributed by atoms with Crippen molar-refractivity contribution in [2.24, 2.45) is 5.73 Å². The zero-order chi connectivity index (χ0) is 14.5. The van der Waals surface area contributed by atoms with E-state index in [2.05, 4.69) is 6.58 Å². The summed E-state index contributed by atoms with van der Waals surface area (Å²) in [5.41, 5.74) is 8.04. The van der Waals surface area contributed by atoms with Crippen molar-refractivity contribution < 1.29 is 14.3 Å². The highest BCUT2D eigenvalue weighted by atomic mass is 16.5. The van der Waals surface area contributed by atoms with Crippen molar-refractivity contribution in [1.82, 2.24) is 4.90 Å². The quantitative estimate of drug-likeness (QED) is 0.641. The van der Waals surface area contributed by atoms with E-state index in [0.717, 1.165) is 11.1 Å². The minimum Gasteiger partial charge on any atom is -0.461 e. The van der Waals surface area contributed by atoms with E-state index in [1.165, 1.54) is 6.08 Å². The topological polar surface area (TPSA) is 72.6 Å². The Morgan fingerprint density at radius 3 is 2.50 bits per heavy atom. The van der Waals surface area contributed by atoms with Gasteiger partial charge in [-0.3, -0.25) is 9.59 Å². The molecule has 0 spiro atoms. The van der Waals surface area contributed by atoms with E-state index in [-0.39, 0.29) is 18.9 Å². The maximum absolute atomic E-state index is 12.2. The van der Waals surface area contributed by atoms with Crippen molar-refractivity contribution in [3.8, 4) is 0 Å². The molecule has 20 heavy (non-hydrogen) atoms. The van der Waals surface area contributed by atoms with Crippen LogP contribution in [0.1, 0.15) is 17.5 Å². The zero-order valence-electron chi connectivity index (χ0n) is 11.2. The zero-order valence-corrected chi connectivity index (χ0v) is 11.2. The Hall–Kier alpha value is -2.14. The van der Waals surface area contributed by atoms with Gasteiger partial charge in [0.1, 0.15) is 6.61 Å². The van der Waals surface area contributed by atoms with Gasteiger partial charge < -0.3 is 15.4 Å². The fraction of sp³-hybridized carbons (Fsp3) is 0.333. The number of fused-ring (bicyclic) bond motifs is 1. The molecule has 1 amide bonds. The summed E-state index contributed by atoms with van der Waals surface area (Å²) in [5.74, 6) is -0.709. The Labute approximate surface area is 118 Å². The lowest BCUT2D eigenvalue weighted by Gasteiger charge is -2.19. The lowest BCUT2D eigenvalue weighted by Crippen LogP contribution is -2.42. The van der Waals surface area contributed by atoms with Crippen LogP contribution < -0.4 is 5.73 Å². The monoisotopic (exact) mass is 274 g/mol. The number of carbonyl (C=O) groups excluding carboxylic acids is 2. The molecular weight excluding hydrogens is 256 g/mol. The summed E-state index contributed by atoms with van der Waals surface area (Å²) >= 11 is 0. The number of amides is 1. The molecule has 0 unspecified atom stereocenters. The predicted octanol–water partition coefficient (Wildman–Crippen LogP) is 0.975. The Morgan fingerprint density at radius 2 is 1.95 bits per heavy atom. The van der Waals surface area contributed by atoms with Crippen LogP contribution >= 0.6 is 0 Å². The molecule has 1 aromatic rings. The fourth-order valence-electron chi connectivity index (χ4n) is 2.20. The van der Waals surface area contributed by atoms with Gasteiger partial charge in [-0.25, -0.2) is 0 Å². The van der Waals surface area contributed by atoms with Crippen LogP contribution in [0.15, 0.2) is 36.9 Å². The molecule has 0 saturated carbocycles. The molecule has 5 heteroatoms. The molecule has 0 aromatic heterocycles. The average molecular weight is 274 g/mol. The molecule has 0 saturated heterocycles. The Balaban J connectivity index is 1.89. The SMILES string of the molecule is C=CCOC(=O)C[C@@H](N)C(=O)N1Cc2ccccc2C1. The van der Waals surface area contributed by atoms with E-state index in [4.69, 9.17) is 10.5 Å². The Kier molecular flexibility index (Phi) is 4.53. The number of benzene rings is 1. The summed E-state index contributed by atoms with van der Waals surface area (Å²) in [5, 5.41) is 0. The molecular formula is C15H18N2O3. The van der Waals surface area contributed by atoms with E-state index >= 15 is 0 Å². The molecule has 1 atom stereocenters. The van der Waals surface area contributed by atoms with Crippen LogP contribution in [0.5, 0.6) is 0 Å². The molecule has 2 rings (SSSR count). The summed E-state index contributed by atoms with van der Waals surface area (Å²) in [6.07, 6.45) is 1.36. The van der Waals surface area contributed by atoms with Gasteiger partial charge in [0.15, 0.2) is 0 Å². The maximum atomic E-state index is 12.2. The number of carbonyl (C=O) groups is 2. The van der Waals surface area contributed by atoms with Crippen LogP contribution in [0, 0.1) is 0 Å². The number of nitrogens with two attached hydrogens (primary N) is 1. The largest absolute Gasteiger partial charge is 0.461 e. The first-order valence-electron chi connectivity index (χ1n) is 6.49. The van der Waals surface area contributed by atoms with Crippen LogP contribution in [0.3, 0.4) is 0 Å². The average Bonchev–Trinajstić information content (AvgIpc) is 2.87. The van der Waals surface area contributed by atoms with E-state index in [1.807, 2.05) is 24.3 Å². The molecule has 1 aromatic carbocycles. The van der Waals surface area contributed by atoms with Crippen LogP contribution in [-0.2, 0) is 27.4 Å². The molecule has 0 radical (unpaired) electrons. The van der Waals surface area contributed by atoms with Crippen LogP contribution in [0.2, 0.25) is 0 Å². The second kappa shape index (κ2) is 6.34. The van der Waals surface area contributed by atoms with Gasteiger partial charge >= 0.3 is 5.97 Å². The van der Waals surface area contributed by atoms with Crippen molar-refractivity contribution in [2.75, 3.05) is 6.61 Å². The Morgan fingerprint density at radius 1 is 1.35 bits per heavy atom. The minimum atomic E-state index is -0.860. The summed E-state index contributed by atoms with van der Waals surface area (Å²) < 4.78 is 4.83. The number of hydrogen-bond acceptors (Lipinski definition) is 4. The normalized spacial score (nSPS) is 14.6. The van der Waals surface area contributed by atoms with Gasteiger partial charge in [-0.15, -0.1) is 0 Å². The number of ether oxygens (including phenoxy) is 1. The predicted molar refractivity (Wildman–Crippen MR) is 74.4 cm³/mol. The van der Waals surface area contributed by atoms with Gasteiger partial charge in [0.05, 0.1) is 12.5 Å². The second-order valence-corrected chi connectivity index (χ2v) is 4.75. The van der Waals surface area contributed by atoms with Crippen LogP contribution in [0.4, 0.5) is 0 Å². The van der Waals surface area contributed by atoms with Crippen molar-refractivity contribution in [2.45, 2.75) is 25.6 Å². The molecule has 0 fully saturated rings. The van der Waals surface area contributed by atoms with Crippen molar-refractivity contribution in [3.63, 3.8) is 0 Å². The number of nitrogens with zero attached hydrogens (tertiary/aromatic N) is 1. The summed E-state index contributed by atoms with van der Waals surface area (Å²) in [7, 11) is 0. The van der Waals surface area contributed by atoms with Gasteiger partial charge in [-0.2, -0.15) is 0 Å². The second-order valence-electron chi connectivity index (χ2n) is 4.75. The van der Waals surface area contributed by atoms with E-state index < -0.39 is 12.0 Å². The third-order valence-electron chi connectivity index (χ3n) is 3.22. The lowest BCUT2D eigenvalue weighted by molar-refractivity contribution is -0.146. The van der Waals surface area contributed by atoms with Crippen molar-refractivity contribution in [1.29, 1.82) is 0 Å². The molecule has 1 aliphatic rings. The molecule has 1 aliphatic heterocycles. The van der Waals surface area contributed by atoms with Gasteiger partial charge in [-0.05, 0) is 11.1 Å². The van der Waals surface area contributed by atoms with Gasteiger partial charge in [0.25, 0.3) is 0 Å². The van der Waals surface area contributed by atoms with E-state index in [9.17, 15) is 9.59 Å². The summed E-state index contributed by atoms with van der Waals surface area (Å²) in [6, 6.07) is 7.01. The first-order valence-corrected chi connectivity index (χ1v) is 6.49. The minimum absolute atomic E-state index is 0.112. The highest BCUT2D eigenvalue weighted by Crippen LogP contribution is 2.22. The third-order valence-corrected chi connectivity index (χ3v) is 3.22. The number of hydrogen-bond donors (Lipinski definition) is 1. The number of esters is 1. The first kappa shape index (κ1) is 14.3. The third kappa shape index (κ3) is 3.24. The first-order chi connectivity index (χ1) is 9.61.